The Bertz CT molecular complexity index is 409. The van der Waals surface area contributed by atoms with E-state index in [1.807, 2.05) is 0 Å². The third kappa shape index (κ3) is 2.06. The topological polar surface area (TPSA) is 49.9 Å². The zero-order valence-corrected chi connectivity index (χ0v) is 11.1. The van der Waals surface area contributed by atoms with E-state index in [-0.39, 0.29) is 30.0 Å². The molecule has 3 heterocycles. The maximum Gasteiger partial charge on any atom is 0.246 e. The average molecular weight is 264 g/mol. The highest BCUT2D eigenvalue weighted by molar-refractivity contribution is 5.97. The molecule has 3 rings (SSSR count). The molecule has 5 heteroatoms. The number of carbonyl (C=O) groups is 2. The molecule has 0 aromatic rings. The van der Waals surface area contributed by atoms with Crippen LogP contribution < -0.4 is 0 Å². The van der Waals surface area contributed by atoms with Gasteiger partial charge in [0, 0.05) is 19.5 Å². The molecule has 0 N–H and O–H groups in total. The lowest BCUT2D eigenvalue weighted by Crippen LogP contribution is -2.65. The van der Waals surface area contributed by atoms with Gasteiger partial charge in [0.2, 0.25) is 11.8 Å². The predicted octanol–water partition coefficient (Wildman–Crippen LogP) is 0.553. The van der Waals surface area contributed by atoms with Gasteiger partial charge in [0.15, 0.2) is 0 Å². The zero-order valence-electron chi connectivity index (χ0n) is 11.1. The number of piperazine rings is 1. The Hall–Kier alpha value is -1.36. The third-order valence-electron chi connectivity index (χ3n) is 4.39. The summed E-state index contributed by atoms with van der Waals surface area (Å²) in [7, 11) is 0. The summed E-state index contributed by atoms with van der Waals surface area (Å²) < 4.78 is 5.65. The van der Waals surface area contributed by atoms with Crippen LogP contribution in [0.3, 0.4) is 0 Å². The van der Waals surface area contributed by atoms with Crippen LogP contribution >= 0.6 is 0 Å². The van der Waals surface area contributed by atoms with Crippen LogP contribution in [-0.4, -0.2) is 59.5 Å². The van der Waals surface area contributed by atoms with E-state index in [1.165, 1.54) is 0 Å². The fourth-order valence-electron chi connectivity index (χ4n) is 3.46. The van der Waals surface area contributed by atoms with Gasteiger partial charge in [-0.15, -0.1) is 6.58 Å². The van der Waals surface area contributed by atoms with Crippen molar-refractivity contribution in [2.45, 2.75) is 43.9 Å². The average Bonchev–Trinajstić information content (AvgIpc) is 2.92. The van der Waals surface area contributed by atoms with Crippen LogP contribution in [0.15, 0.2) is 12.7 Å². The minimum absolute atomic E-state index is 0.0650. The van der Waals surface area contributed by atoms with Crippen molar-refractivity contribution in [2.24, 2.45) is 0 Å². The van der Waals surface area contributed by atoms with Crippen LogP contribution in [-0.2, 0) is 14.3 Å². The standard InChI is InChI=1S/C14H20N2O3/c1-2-8-19-10-5-7-16-12(9-10)14(18)15-6-3-4-11(15)13(16)17/h2,10-12H,1,3-9H2/t10-,11-,12+/m1/s1. The van der Waals surface area contributed by atoms with Gasteiger partial charge in [-0.3, -0.25) is 9.59 Å². The van der Waals surface area contributed by atoms with Crippen molar-refractivity contribution in [3.8, 4) is 0 Å². The second kappa shape index (κ2) is 4.96. The molecule has 0 aliphatic carbocycles. The maximum absolute atomic E-state index is 12.5. The molecule has 2 amide bonds. The zero-order chi connectivity index (χ0) is 13.4. The van der Waals surface area contributed by atoms with Gasteiger partial charge < -0.3 is 14.5 Å². The Morgan fingerprint density at radius 1 is 1.16 bits per heavy atom. The van der Waals surface area contributed by atoms with Gasteiger partial charge in [0.25, 0.3) is 0 Å². The maximum atomic E-state index is 12.5. The highest BCUT2D eigenvalue weighted by Crippen LogP contribution is 2.32. The minimum atomic E-state index is -0.301. The van der Waals surface area contributed by atoms with Crippen molar-refractivity contribution in [3.63, 3.8) is 0 Å². The fourth-order valence-corrected chi connectivity index (χ4v) is 3.46. The van der Waals surface area contributed by atoms with Crippen LogP contribution in [0.4, 0.5) is 0 Å². The van der Waals surface area contributed by atoms with E-state index < -0.39 is 0 Å². The molecule has 0 aromatic heterocycles. The highest BCUT2D eigenvalue weighted by atomic mass is 16.5. The molecule has 3 aliphatic heterocycles. The van der Waals surface area contributed by atoms with Crippen LogP contribution in [0.2, 0.25) is 0 Å². The van der Waals surface area contributed by atoms with E-state index in [1.54, 1.807) is 15.9 Å². The quantitative estimate of drug-likeness (QED) is 0.700. The van der Waals surface area contributed by atoms with Gasteiger partial charge in [-0.25, -0.2) is 0 Å². The number of amides is 2. The molecule has 3 aliphatic rings. The Morgan fingerprint density at radius 2 is 1.89 bits per heavy atom. The highest BCUT2D eigenvalue weighted by Gasteiger charge is 2.49. The number of hydrogen-bond donors (Lipinski definition) is 0. The molecule has 104 valence electrons. The number of hydrogen-bond acceptors (Lipinski definition) is 3. The molecule has 5 nitrogen and oxygen atoms in total. The first-order chi connectivity index (χ1) is 9.22. The summed E-state index contributed by atoms with van der Waals surface area (Å²) in [6.07, 6.45) is 4.99. The van der Waals surface area contributed by atoms with E-state index in [4.69, 9.17) is 4.74 Å². The van der Waals surface area contributed by atoms with Gasteiger partial charge in [-0.1, -0.05) is 6.08 Å². The van der Waals surface area contributed by atoms with Crippen molar-refractivity contribution in [1.82, 2.24) is 9.80 Å². The Labute approximate surface area is 113 Å². The first kappa shape index (κ1) is 12.7. The summed E-state index contributed by atoms with van der Waals surface area (Å²) in [5, 5.41) is 0. The van der Waals surface area contributed by atoms with E-state index >= 15 is 0 Å². The molecule has 0 aromatic carbocycles. The number of ether oxygens (including phenoxy) is 1. The molecule has 3 saturated heterocycles. The van der Waals surface area contributed by atoms with Crippen LogP contribution in [0.5, 0.6) is 0 Å². The lowest BCUT2D eigenvalue weighted by Gasteiger charge is -2.46. The lowest BCUT2D eigenvalue weighted by atomic mass is 9.94. The van der Waals surface area contributed by atoms with Gasteiger partial charge in [-0.05, 0) is 19.3 Å². The van der Waals surface area contributed by atoms with Crippen molar-refractivity contribution in [1.29, 1.82) is 0 Å². The first-order valence-electron chi connectivity index (χ1n) is 7.06. The Balaban J connectivity index is 1.74. The van der Waals surface area contributed by atoms with Crippen LogP contribution in [0, 0.1) is 0 Å². The first-order valence-corrected chi connectivity index (χ1v) is 7.06. The molecule has 0 spiro atoms. The molecule has 0 bridgehead atoms. The SMILES string of the molecule is C=CCO[C@@H]1CCN2C(=O)[C@H]3CCCN3C(=O)[C@@H]2C1. The number of fused-ring (bicyclic) bond motifs is 2. The molecular weight excluding hydrogens is 244 g/mol. The van der Waals surface area contributed by atoms with Crippen molar-refractivity contribution in [3.05, 3.63) is 12.7 Å². The monoisotopic (exact) mass is 264 g/mol. The number of rotatable bonds is 3. The number of nitrogens with zero attached hydrogens (tertiary/aromatic N) is 2. The van der Waals surface area contributed by atoms with Crippen LogP contribution in [0.1, 0.15) is 25.7 Å². The van der Waals surface area contributed by atoms with Gasteiger partial charge in [0.1, 0.15) is 12.1 Å². The summed E-state index contributed by atoms with van der Waals surface area (Å²) in [6, 6.07) is -0.486. The third-order valence-corrected chi connectivity index (χ3v) is 4.39. The minimum Gasteiger partial charge on any atom is -0.374 e. The summed E-state index contributed by atoms with van der Waals surface area (Å²) in [5.41, 5.74) is 0. The molecule has 0 radical (unpaired) electrons. The van der Waals surface area contributed by atoms with Gasteiger partial charge in [0.05, 0.1) is 12.7 Å². The van der Waals surface area contributed by atoms with Crippen molar-refractivity contribution < 1.29 is 14.3 Å². The van der Waals surface area contributed by atoms with Gasteiger partial charge in [-0.2, -0.15) is 0 Å². The van der Waals surface area contributed by atoms with E-state index in [9.17, 15) is 9.59 Å². The van der Waals surface area contributed by atoms with Crippen molar-refractivity contribution in [2.75, 3.05) is 19.7 Å². The van der Waals surface area contributed by atoms with E-state index in [2.05, 4.69) is 6.58 Å². The summed E-state index contributed by atoms with van der Waals surface area (Å²) in [6.45, 7) is 5.51. The Kier molecular flexibility index (Phi) is 3.31. The lowest BCUT2D eigenvalue weighted by molar-refractivity contribution is -0.164. The number of piperidine rings is 1. The molecule has 3 fully saturated rings. The van der Waals surface area contributed by atoms with Gasteiger partial charge >= 0.3 is 0 Å². The van der Waals surface area contributed by atoms with Crippen LogP contribution in [0.25, 0.3) is 0 Å². The smallest absolute Gasteiger partial charge is 0.246 e. The van der Waals surface area contributed by atoms with E-state index in [0.29, 0.717) is 19.6 Å². The summed E-state index contributed by atoms with van der Waals surface area (Å²) in [5.74, 6) is 0.262. The molecular formula is C14H20N2O3. The van der Waals surface area contributed by atoms with E-state index in [0.717, 1.165) is 25.8 Å². The fraction of sp³-hybridized carbons (Fsp3) is 0.714. The predicted molar refractivity (Wildman–Crippen MR) is 69.4 cm³/mol. The van der Waals surface area contributed by atoms with Crippen molar-refractivity contribution >= 4 is 11.8 Å². The summed E-state index contributed by atoms with van der Waals surface area (Å²) >= 11 is 0. The Morgan fingerprint density at radius 3 is 2.68 bits per heavy atom. The molecule has 19 heavy (non-hydrogen) atoms. The second-order valence-electron chi connectivity index (χ2n) is 5.51. The molecule has 3 atom stereocenters. The largest absolute Gasteiger partial charge is 0.374 e. The molecule has 0 saturated carbocycles. The summed E-state index contributed by atoms with van der Waals surface area (Å²) in [4.78, 5) is 28.4. The second-order valence-corrected chi connectivity index (χ2v) is 5.51. The molecule has 0 unspecified atom stereocenters. The number of carbonyl (C=O) groups excluding carboxylic acids is 2. The normalized spacial score (nSPS) is 34.2.